The van der Waals surface area contributed by atoms with Crippen molar-refractivity contribution in [2.24, 2.45) is 0 Å². The number of anilines is 1. The van der Waals surface area contributed by atoms with Crippen LogP contribution in [0.1, 0.15) is 5.56 Å². The van der Waals surface area contributed by atoms with Crippen LogP contribution in [-0.2, 0) is 11.2 Å². The number of halogens is 2. The monoisotopic (exact) mass is 485 g/mol. The van der Waals surface area contributed by atoms with E-state index in [-0.39, 0.29) is 10.7 Å². The van der Waals surface area contributed by atoms with E-state index in [1.807, 2.05) is 30.3 Å². The van der Waals surface area contributed by atoms with Gasteiger partial charge in [-0.1, -0.05) is 42.5 Å². The van der Waals surface area contributed by atoms with Crippen LogP contribution in [0.4, 0.5) is 11.4 Å². The lowest BCUT2D eigenvalue weighted by Gasteiger charge is -2.11. The van der Waals surface area contributed by atoms with Gasteiger partial charge >= 0.3 is 0 Å². The highest BCUT2D eigenvalue weighted by molar-refractivity contribution is 9.11. The van der Waals surface area contributed by atoms with Crippen molar-refractivity contribution in [1.29, 1.82) is 0 Å². The molecule has 0 fully saturated rings. The molecule has 0 radical (unpaired) electrons. The molecule has 6 nitrogen and oxygen atoms in total. The Morgan fingerprint density at radius 2 is 1.76 bits per heavy atom. The van der Waals surface area contributed by atoms with Gasteiger partial charge in [0.25, 0.3) is 11.6 Å². The number of rotatable bonds is 5. The molecule has 0 saturated heterocycles. The van der Waals surface area contributed by atoms with E-state index >= 15 is 0 Å². The van der Waals surface area contributed by atoms with Crippen LogP contribution in [-0.4, -0.2) is 22.4 Å². The molecule has 1 amide bonds. The van der Waals surface area contributed by atoms with Gasteiger partial charge in [-0.25, -0.2) is 0 Å². The van der Waals surface area contributed by atoms with E-state index in [1.54, 1.807) is 0 Å². The largest absolute Gasteiger partial charge is 0.371 e. The average molecular weight is 487 g/mol. The minimum Gasteiger partial charge on any atom is -0.371 e. The van der Waals surface area contributed by atoms with E-state index < -0.39 is 10.8 Å². The molecule has 2 aromatic carbocycles. The fourth-order valence-electron chi connectivity index (χ4n) is 2.00. The Balaban J connectivity index is 1.95. The zero-order valence-electron chi connectivity index (χ0n) is 12.8. The average Bonchev–Trinajstić information content (AvgIpc) is 2.58. The van der Waals surface area contributed by atoms with Crippen molar-refractivity contribution in [2.75, 3.05) is 11.9 Å². The van der Waals surface area contributed by atoms with Gasteiger partial charge in [-0.3, -0.25) is 14.9 Å². The third-order valence-corrected chi connectivity index (χ3v) is 4.81. The third-order valence-electron chi connectivity index (χ3n) is 3.22. The van der Waals surface area contributed by atoms with Gasteiger partial charge in [0.2, 0.25) is 0 Å². The van der Waals surface area contributed by atoms with Crippen LogP contribution in [0.5, 0.6) is 0 Å². The zero-order chi connectivity index (χ0) is 18.4. The lowest BCUT2D eigenvalue weighted by atomic mass is 10.1. The van der Waals surface area contributed by atoms with Gasteiger partial charge in [0, 0.05) is 27.6 Å². The van der Waals surface area contributed by atoms with Crippen LogP contribution >= 0.6 is 44.1 Å². The predicted molar refractivity (Wildman–Crippen MR) is 108 cm³/mol. The molecule has 0 heterocycles. The third kappa shape index (κ3) is 5.58. The van der Waals surface area contributed by atoms with Crippen molar-refractivity contribution in [2.45, 2.75) is 6.42 Å². The molecule has 0 unspecified atom stereocenters. The summed E-state index contributed by atoms with van der Waals surface area (Å²) in [6.07, 6.45) is 0.735. The fourth-order valence-corrected chi connectivity index (χ4v) is 3.51. The summed E-state index contributed by atoms with van der Waals surface area (Å²) in [6.45, 7) is 0.527. The molecule has 0 spiro atoms. The first kappa shape index (κ1) is 19.5. The summed E-state index contributed by atoms with van der Waals surface area (Å²) in [5.41, 5.74) is 1.42. The topological polar surface area (TPSA) is 84.3 Å². The van der Waals surface area contributed by atoms with Gasteiger partial charge in [-0.2, -0.15) is 0 Å². The summed E-state index contributed by atoms with van der Waals surface area (Å²) in [4.78, 5) is 22.5. The maximum atomic E-state index is 12.2. The van der Waals surface area contributed by atoms with Gasteiger partial charge in [0.05, 0.1) is 10.6 Å². The maximum absolute atomic E-state index is 12.2. The maximum Gasteiger partial charge on any atom is 0.283 e. The van der Waals surface area contributed by atoms with Crippen molar-refractivity contribution in [3.8, 4) is 0 Å². The Kier molecular flexibility index (Phi) is 7.03. The van der Waals surface area contributed by atoms with E-state index in [4.69, 9.17) is 12.2 Å². The number of nitro benzene ring substituents is 1. The first-order chi connectivity index (χ1) is 11.9. The summed E-state index contributed by atoms with van der Waals surface area (Å²) in [5, 5.41) is 16.4. The highest BCUT2D eigenvalue weighted by atomic mass is 79.9. The van der Waals surface area contributed by atoms with Crippen LogP contribution in [0.15, 0.2) is 51.4 Å². The zero-order valence-corrected chi connectivity index (χ0v) is 16.8. The highest BCUT2D eigenvalue weighted by Gasteiger charge is 2.17. The fraction of sp³-hybridized carbons (Fsp3) is 0.125. The number of nitro groups is 1. The lowest BCUT2D eigenvalue weighted by Crippen LogP contribution is -2.35. The molecule has 0 aliphatic rings. The SMILES string of the molecule is O=C(Nc1c(Br)cc([N+](=O)[O-])cc1Br)C(=S)NCCc1ccccc1. The number of thiocarbonyl (C=S) groups is 1. The number of nitrogens with one attached hydrogen (secondary N) is 2. The van der Waals surface area contributed by atoms with E-state index in [2.05, 4.69) is 42.5 Å². The molecule has 0 aromatic heterocycles. The Bertz CT molecular complexity index is 793. The van der Waals surface area contributed by atoms with E-state index in [0.717, 1.165) is 12.0 Å². The normalized spacial score (nSPS) is 10.2. The van der Waals surface area contributed by atoms with Crippen LogP contribution in [0, 0.1) is 10.1 Å². The van der Waals surface area contributed by atoms with Crippen LogP contribution in [0.25, 0.3) is 0 Å². The molecule has 0 aliphatic heterocycles. The van der Waals surface area contributed by atoms with E-state index in [1.165, 1.54) is 12.1 Å². The van der Waals surface area contributed by atoms with Crippen LogP contribution in [0.3, 0.4) is 0 Å². The molecular weight excluding hydrogens is 474 g/mol. The molecule has 2 rings (SSSR count). The van der Waals surface area contributed by atoms with E-state index in [0.29, 0.717) is 21.2 Å². The van der Waals surface area contributed by atoms with Gasteiger partial charge in [-0.05, 0) is 43.8 Å². The Hall–Kier alpha value is -1.84. The number of hydrogen-bond acceptors (Lipinski definition) is 4. The molecule has 0 bridgehead atoms. The van der Waals surface area contributed by atoms with Crippen molar-refractivity contribution >= 4 is 66.3 Å². The highest BCUT2D eigenvalue weighted by Crippen LogP contribution is 2.35. The second-order valence-corrected chi connectivity index (χ2v) is 7.10. The van der Waals surface area contributed by atoms with Crippen LogP contribution in [0.2, 0.25) is 0 Å². The summed E-state index contributed by atoms with van der Waals surface area (Å²) in [6, 6.07) is 12.5. The number of carbonyl (C=O) groups is 1. The quantitative estimate of drug-likeness (QED) is 0.375. The number of amides is 1. The first-order valence-electron chi connectivity index (χ1n) is 7.15. The molecule has 2 aromatic rings. The summed E-state index contributed by atoms with van der Waals surface area (Å²) < 4.78 is 0.767. The lowest BCUT2D eigenvalue weighted by molar-refractivity contribution is -0.385. The molecule has 0 saturated carbocycles. The van der Waals surface area contributed by atoms with Gasteiger partial charge in [0.15, 0.2) is 4.99 Å². The van der Waals surface area contributed by atoms with Gasteiger partial charge in [-0.15, -0.1) is 0 Å². The molecule has 2 N–H and O–H groups in total. The van der Waals surface area contributed by atoms with Gasteiger partial charge in [0.1, 0.15) is 0 Å². The summed E-state index contributed by atoms with van der Waals surface area (Å²) in [7, 11) is 0. The number of carbonyl (C=O) groups excluding carboxylic acids is 1. The molecule has 0 atom stereocenters. The first-order valence-corrected chi connectivity index (χ1v) is 9.14. The smallest absolute Gasteiger partial charge is 0.283 e. The Morgan fingerprint density at radius 3 is 2.32 bits per heavy atom. The van der Waals surface area contributed by atoms with Crippen molar-refractivity contribution in [3.63, 3.8) is 0 Å². The number of nitrogens with zero attached hydrogens (tertiary/aromatic N) is 1. The second kappa shape index (κ2) is 9.02. The second-order valence-electron chi connectivity index (χ2n) is 4.99. The molecule has 9 heteroatoms. The molecular formula is C16H13Br2N3O3S. The van der Waals surface area contributed by atoms with Crippen molar-refractivity contribution in [3.05, 3.63) is 67.1 Å². The molecule has 0 aliphatic carbocycles. The molecule has 130 valence electrons. The van der Waals surface area contributed by atoms with Crippen molar-refractivity contribution in [1.82, 2.24) is 5.32 Å². The van der Waals surface area contributed by atoms with Crippen LogP contribution < -0.4 is 10.6 Å². The summed E-state index contributed by atoms with van der Waals surface area (Å²) >= 11 is 11.5. The minimum atomic E-state index is -0.517. The number of non-ortho nitro benzene ring substituents is 1. The van der Waals surface area contributed by atoms with Crippen molar-refractivity contribution < 1.29 is 9.72 Å². The molecule has 25 heavy (non-hydrogen) atoms. The number of benzene rings is 2. The van der Waals surface area contributed by atoms with Gasteiger partial charge < -0.3 is 10.6 Å². The standard InChI is InChI=1S/C16H13Br2N3O3S/c17-12-8-11(21(23)24)9-13(18)14(12)20-15(22)16(25)19-7-6-10-4-2-1-3-5-10/h1-5,8-9H,6-7H2,(H,19,25)(H,20,22). The van der Waals surface area contributed by atoms with E-state index in [9.17, 15) is 14.9 Å². The number of hydrogen-bond donors (Lipinski definition) is 2. The Morgan fingerprint density at radius 1 is 1.16 bits per heavy atom. The Labute approximate surface area is 166 Å². The minimum absolute atomic E-state index is 0.0492. The predicted octanol–water partition coefficient (Wildman–Crippen LogP) is 4.22. The summed E-state index contributed by atoms with van der Waals surface area (Å²) in [5.74, 6) is -0.488.